The first-order valence-electron chi connectivity index (χ1n) is 8.07. The number of hydrogen-bond donors (Lipinski definition) is 0. The van der Waals surface area contributed by atoms with Gasteiger partial charge in [-0.3, -0.25) is 9.59 Å². The maximum Gasteiger partial charge on any atom is 0.307 e. The molecular formula is C19H23NO5. The van der Waals surface area contributed by atoms with E-state index in [0.717, 1.165) is 11.1 Å². The molecule has 2 aromatic rings. The van der Waals surface area contributed by atoms with Crippen LogP contribution in [0.1, 0.15) is 23.3 Å². The van der Waals surface area contributed by atoms with Crippen LogP contribution < -0.4 is 4.74 Å². The molecule has 6 heteroatoms. The zero-order valence-electron chi connectivity index (χ0n) is 14.8. The Labute approximate surface area is 147 Å². The van der Waals surface area contributed by atoms with E-state index in [1.54, 1.807) is 18.4 Å². The van der Waals surface area contributed by atoms with E-state index >= 15 is 0 Å². The van der Waals surface area contributed by atoms with Crippen molar-refractivity contribution in [1.29, 1.82) is 0 Å². The highest BCUT2D eigenvalue weighted by Gasteiger charge is 2.18. The third-order valence-electron chi connectivity index (χ3n) is 3.84. The van der Waals surface area contributed by atoms with Gasteiger partial charge in [-0.25, -0.2) is 0 Å². The lowest BCUT2D eigenvalue weighted by Gasteiger charge is -2.22. The first-order valence-corrected chi connectivity index (χ1v) is 8.07. The topological polar surface area (TPSA) is 69.0 Å². The van der Waals surface area contributed by atoms with E-state index in [4.69, 9.17) is 9.15 Å². The molecule has 0 saturated carbocycles. The molecule has 1 aromatic carbocycles. The van der Waals surface area contributed by atoms with Crippen molar-refractivity contribution in [3.63, 3.8) is 0 Å². The second-order valence-corrected chi connectivity index (χ2v) is 5.73. The van der Waals surface area contributed by atoms with Gasteiger partial charge in [0.25, 0.3) is 5.91 Å². The highest BCUT2D eigenvalue weighted by atomic mass is 16.5. The SMILES string of the molecule is COC(=O)CCN(Cc1ccco1)C(=O)COc1c(C)cccc1C. The third-order valence-corrected chi connectivity index (χ3v) is 3.84. The van der Waals surface area contributed by atoms with Crippen LogP contribution in [-0.4, -0.2) is 37.0 Å². The van der Waals surface area contributed by atoms with Crippen LogP contribution >= 0.6 is 0 Å². The summed E-state index contributed by atoms with van der Waals surface area (Å²) in [5.41, 5.74) is 1.94. The van der Waals surface area contributed by atoms with E-state index in [2.05, 4.69) is 4.74 Å². The maximum absolute atomic E-state index is 12.6. The summed E-state index contributed by atoms with van der Waals surface area (Å²) in [6.07, 6.45) is 1.66. The lowest BCUT2D eigenvalue weighted by atomic mass is 10.1. The average molecular weight is 345 g/mol. The predicted molar refractivity (Wildman–Crippen MR) is 92.2 cm³/mol. The molecule has 0 aliphatic rings. The Morgan fingerprint density at radius 2 is 1.84 bits per heavy atom. The minimum Gasteiger partial charge on any atom is -0.483 e. The van der Waals surface area contributed by atoms with E-state index in [9.17, 15) is 9.59 Å². The normalized spacial score (nSPS) is 10.4. The van der Waals surface area contributed by atoms with Gasteiger partial charge in [0.15, 0.2) is 6.61 Å². The van der Waals surface area contributed by atoms with Crippen LogP contribution in [0.15, 0.2) is 41.0 Å². The Morgan fingerprint density at radius 3 is 2.44 bits per heavy atom. The molecule has 1 amide bonds. The number of esters is 1. The summed E-state index contributed by atoms with van der Waals surface area (Å²) in [5, 5.41) is 0. The molecule has 25 heavy (non-hydrogen) atoms. The highest BCUT2D eigenvalue weighted by molar-refractivity contribution is 5.78. The zero-order valence-corrected chi connectivity index (χ0v) is 14.8. The van der Waals surface area contributed by atoms with Crippen molar-refractivity contribution in [2.24, 2.45) is 0 Å². The first-order chi connectivity index (χ1) is 12.0. The Kier molecular flexibility index (Phi) is 6.62. The second kappa shape index (κ2) is 8.92. The van der Waals surface area contributed by atoms with Crippen molar-refractivity contribution in [3.8, 4) is 5.75 Å². The molecule has 1 aromatic heterocycles. The molecule has 0 unspecified atom stereocenters. The molecule has 0 fully saturated rings. The molecular weight excluding hydrogens is 322 g/mol. The van der Waals surface area contributed by atoms with Gasteiger partial charge in [0.05, 0.1) is 26.3 Å². The number of aryl methyl sites for hydroxylation is 2. The third kappa shape index (κ3) is 5.38. The van der Waals surface area contributed by atoms with Gasteiger partial charge >= 0.3 is 5.97 Å². The molecule has 0 aliphatic carbocycles. The minimum atomic E-state index is -0.368. The number of methoxy groups -OCH3 is 1. The number of carbonyl (C=O) groups is 2. The number of ether oxygens (including phenoxy) is 2. The van der Waals surface area contributed by atoms with Crippen molar-refractivity contribution in [2.75, 3.05) is 20.3 Å². The zero-order chi connectivity index (χ0) is 18.2. The molecule has 0 saturated heterocycles. The summed E-state index contributed by atoms with van der Waals surface area (Å²) in [6.45, 7) is 4.28. The number of amides is 1. The van der Waals surface area contributed by atoms with Crippen LogP contribution in [0.25, 0.3) is 0 Å². The first kappa shape index (κ1) is 18.6. The molecule has 6 nitrogen and oxygen atoms in total. The molecule has 0 spiro atoms. The van der Waals surface area contributed by atoms with Gasteiger partial charge in [-0.15, -0.1) is 0 Å². The monoisotopic (exact) mass is 345 g/mol. The fourth-order valence-electron chi connectivity index (χ4n) is 2.46. The predicted octanol–water partition coefficient (Wildman–Crippen LogP) is 2.87. The molecule has 0 radical (unpaired) electrons. The molecule has 0 bridgehead atoms. The van der Waals surface area contributed by atoms with Crippen LogP contribution in [0.5, 0.6) is 5.75 Å². The van der Waals surface area contributed by atoms with E-state index < -0.39 is 0 Å². The van der Waals surface area contributed by atoms with Crippen molar-refractivity contribution < 1.29 is 23.5 Å². The molecule has 0 N–H and O–H groups in total. The summed E-state index contributed by atoms with van der Waals surface area (Å²) < 4.78 is 15.7. The number of rotatable bonds is 8. The second-order valence-electron chi connectivity index (χ2n) is 5.73. The van der Waals surface area contributed by atoms with Crippen LogP contribution in [0.4, 0.5) is 0 Å². The van der Waals surface area contributed by atoms with Crippen LogP contribution in [0, 0.1) is 13.8 Å². The summed E-state index contributed by atoms with van der Waals surface area (Å²) >= 11 is 0. The number of carbonyl (C=O) groups excluding carboxylic acids is 2. The lowest BCUT2D eigenvalue weighted by Crippen LogP contribution is -2.36. The van der Waals surface area contributed by atoms with Gasteiger partial charge in [0.1, 0.15) is 11.5 Å². The van der Waals surface area contributed by atoms with Crippen LogP contribution in [0.3, 0.4) is 0 Å². The van der Waals surface area contributed by atoms with Crippen molar-refractivity contribution >= 4 is 11.9 Å². The Balaban J connectivity index is 2.02. The highest BCUT2D eigenvalue weighted by Crippen LogP contribution is 2.22. The van der Waals surface area contributed by atoms with Crippen LogP contribution in [0.2, 0.25) is 0 Å². The van der Waals surface area contributed by atoms with Crippen molar-refractivity contribution in [1.82, 2.24) is 4.90 Å². The lowest BCUT2D eigenvalue weighted by molar-refractivity contribution is -0.142. The fraction of sp³-hybridized carbons (Fsp3) is 0.368. The Hall–Kier alpha value is -2.76. The largest absolute Gasteiger partial charge is 0.483 e. The van der Waals surface area contributed by atoms with Gasteiger partial charge in [0, 0.05) is 6.54 Å². The molecule has 2 rings (SSSR count). The summed E-state index contributed by atoms with van der Waals surface area (Å²) in [7, 11) is 1.32. The quantitative estimate of drug-likeness (QED) is 0.688. The average Bonchev–Trinajstić information content (AvgIpc) is 3.10. The minimum absolute atomic E-state index is 0.104. The Morgan fingerprint density at radius 1 is 1.12 bits per heavy atom. The number of furan rings is 1. The van der Waals surface area contributed by atoms with E-state index in [1.165, 1.54) is 12.0 Å². The van der Waals surface area contributed by atoms with Crippen molar-refractivity contribution in [3.05, 3.63) is 53.5 Å². The van der Waals surface area contributed by atoms with Crippen molar-refractivity contribution in [2.45, 2.75) is 26.8 Å². The number of hydrogen-bond acceptors (Lipinski definition) is 5. The van der Waals surface area contributed by atoms with Gasteiger partial charge in [-0.1, -0.05) is 18.2 Å². The molecule has 0 aliphatic heterocycles. The standard InChI is InChI=1S/C19H23NO5/c1-14-6-4-7-15(2)19(14)25-13-17(21)20(10-9-18(22)23-3)12-16-8-5-11-24-16/h4-8,11H,9-10,12-13H2,1-3H3. The number of nitrogens with zero attached hydrogens (tertiary/aromatic N) is 1. The maximum atomic E-state index is 12.6. The van der Waals surface area contributed by atoms with Gasteiger partial charge < -0.3 is 18.8 Å². The Bertz CT molecular complexity index is 688. The van der Waals surface area contributed by atoms with E-state index in [-0.39, 0.29) is 38.0 Å². The van der Waals surface area contributed by atoms with Gasteiger partial charge in [-0.2, -0.15) is 0 Å². The van der Waals surface area contributed by atoms with Gasteiger partial charge in [0.2, 0.25) is 0 Å². The smallest absolute Gasteiger partial charge is 0.307 e. The molecule has 134 valence electrons. The van der Waals surface area contributed by atoms with Gasteiger partial charge in [-0.05, 0) is 37.1 Å². The summed E-state index contributed by atoms with van der Waals surface area (Å²) in [5.74, 6) is 0.767. The number of para-hydroxylation sites is 1. The van der Waals surface area contributed by atoms with Crippen LogP contribution in [-0.2, 0) is 20.9 Å². The molecule has 0 atom stereocenters. The number of benzene rings is 1. The molecule has 1 heterocycles. The fourth-order valence-corrected chi connectivity index (χ4v) is 2.46. The summed E-state index contributed by atoms with van der Waals surface area (Å²) in [6, 6.07) is 9.35. The van der Waals surface area contributed by atoms with E-state index in [1.807, 2.05) is 32.0 Å². The summed E-state index contributed by atoms with van der Waals surface area (Å²) in [4.78, 5) is 25.5. The van der Waals surface area contributed by atoms with E-state index in [0.29, 0.717) is 11.5 Å².